The lowest BCUT2D eigenvalue weighted by Gasteiger charge is -2.33. The summed E-state index contributed by atoms with van der Waals surface area (Å²) in [5.74, 6) is -1.55. The van der Waals surface area contributed by atoms with E-state index in [0.29, 0.717) is 12.8 Å². The third-order valence-electron chi connectivity index (χ3n) is 7.05. The number of aromatic nitrogens is 2. The van der Waals surface area contributed by atoms with Gasteiger partial charge in [-0.25, -0.2) is 4.39 Å². The first-order valence-electron chi connectivity index (χ1n) is 11.2. The molecule has 2 aromatic carbocycles. The molecule has 2 N–H and O–H groups in total. The number of hydrogen-bond donors (Lipinski definition) is 2. The van der Waals surface area contributed by atoms with Crippen molar-refractivity contribution in [2.45, 2.75) is 44.7 Å². The molecule has 0 spiro atoms. The van der Waals surface area contributed by atoms with Crippen LogP contribution in [0.4, 0.5) is 4.39 Å². The van der Waals surface area contributed by atoms with Gasteiger partial charge < -0.3 is 19.6 Å². The molecular weight excluding hydrogens is 421 g/mol. The van der Waals surface area contributed by atoms with Crippen molar-refractivity contribution < 1.29 is 19.1 Å². The summed E-state index contributed by atoms with van der Waals surface area (Å²) in [5, 5.41) is 11.2. The van der Waals surface area contributed by atoms with Gasteiger partial charge in [-0.1, -0.05) is 18.2 Å². The smallest absolute Gasteiger partial charge is 0.323 e. The molecule has 1 aliphatic rings. The number of amides is 1. The van der Waals surface area contributed by atoms with Gasteiger partial charge in [0.15, 0.2) is 0 Å². The fourth-order valence-electron chi connectivity index (χ4n) is 5.32. The number of carboxylic acids is 1. The normalized spacial score (nSPS) is 16.6. The van der Waals surface area contributed by atoms with Crippen LogP contribution >= 0.6 is 0 Å². The molecule has 1 amide bonds. The lowest BCUT2D eigenvalue weighted by Crippen LogP contribution is -2.42. The predicted molar refractivity (Wildman–Crippen MR) is 125 cm³/mol. The summed E-state index contributed by atoms with van der Waals surface area (Å²) in [6.07, 6.45) is 3.85. The summed E-state index contributed by atoms with van der Waals surface area (Å²) in [7, 11) is 1.83. The number of aliphatic carboxylic acids is 1. The first kappa shape index (κ1) is 21.2. The molecule has 0 radical (unpaired) electrons. The second kappa shape index (κ2) is 8.06. The number of carboxylic acid groups (broad SMARTS) is 1. The van der Waals surface area contributed by atoms with Crippen LogP contribution < -0.4 is 0 Å². The number of likely N-dealkylation sites (N-methyl/N-ethyl adjacent to an activating group) is 1. The van der Waals surface area contributed by atoms with Crippen molar-refractivity contribution in [1.82, 2.24) is 14.5 Å². The number of para-hydroxylation sites is 1. The number of carbonyl (C=O) groups excluding carboxylic acids is 1. The minimum Gasteiger partial charge on any atom is -0.480 e. The molecule has 170 valence electrons. The van der Waals surface area contributed by atoms with Gasteiger partial charge in [0.2, 0.25) is 5.91 Å². The van der Waals surface area contributed by atoms with Gasteiger partial charge in [0.25, 0.3) is 0 Å². The van der Waals surface area contributed by atoms with E-state index in [1.54, 1.807) is 10.6 Å². The van der Waals surface area contributed by atoms with E-state index in [1.165, 1.54) is 12.1 Å². The van der Waals surface area contributed by atoms with Gasteiger partial charge in [-0.2, -0.15) is 0 Å². The van der Waals surface area contributed by atoms with E-state index in [2.05, 4.69) is 4.98 Å². The van der Waals surface area contributed by atoms with Crippen molar-refractivity contribution in [1.29, 1.82) is 0 Å². The molecule has 2 aromatic heterocycles. The van der Waals surface area contributed by atoms with Crippen LogP contribution in [0.5, 0.6) is 0 Å². The lowest BCUT2D eigenvalue weighted by molar-refractivity contribution is -0.137. The Kier molecular flexibility index (Phi) is 5.19. The van der Waals surface area contributed by atoms with E-state index in [9.17, 15) is 19.1 Å². The highest BCUT2D eigenvalue weighted by atomic mass is 19.1. The second-order valence-corrected chi connectivity index (χ2v) is 8.92. The number of nitrogens with zero attached hydrogens (tertiary/aromatic N) is 2. The highest BCUT2D eigenvalue weighted by Crippen LogP contribution is 2.35. The molecule has 0 aliphatic heterocycles. The molecule has 2 heterocycles. The van der Waals surface area contributed by atoms with Crippen molar-refractivity contribution in [2.24, 2.45) is 0 Å². The largest absolute Gasteiger partial charge is 0.480 e. The Balaban J connectivity index is 1.45. The molecule has 33 heavy (non-hydrogen) atoms. The highest BCUT2D eigenvalue weighted by molar-refractivity contribution is 5.92. The Morgan fingerprint density at radius 3 is 2.82 bits per heavy atom. The molecule has 7 heteroatoms. The zero-order chi connectivity index (χ0) is 23.3. The molecule has 0 bridgehead atoms. The lowest BCUT2D eigenvalue weighted by atomic mass is 9.89. The molecule has 0 fully saturated rings. The molecule has 5 rings (SSSR count). The minimum atomic E-state index is -0.930. The van der Waals surface area contributed by atoms with E-state index in [4.69, 9.17) is 0 Å². The fraction of sp³-hybridized carbons (Fsp3) is 0.308. The molecule has 6 nitrogen and oxygen atoms in total. The van der Waals surface area contributed by atoms with Crippen LogP contribution in [0.3, 0.4) is 0 Å². The van der Waals surface area contributed by atoms with Crippen LogP contribution in [-0.2, 0) is 29.0 Å². The van der Waals surface area contributed by atoms with Crippen LogP contribution in [0, 0.1) is 5.82 Å². The quantitative estimate of drug-likeness (QED) is 0.474. The second-order valence-electron chi connectivity index (χ2n) is 8.92. The van der Waals surface area contributed by atoms with E-state index in [1.807, 2.05) is 49.3 Å². The molecule has 4 aromatic rings. The Morgan fingerprint density at radius 2 is 2.03 bits per heavy atom. The van der Waals surface area contributed by atoms with E-state index in [-0.39, 0.29) is 30.2 Å². The van der Waals surface area contributed by atoms with Gasteiger partial charge in [0.1, 0.15) is 12.4 Å². The van der Waals surface area contributed by atoms with Gasteiger partial charge in [0.05, 0.1) is 5.92 Å². The first-order chi connectivity index (χ1) is 15.8. The number of halogens is 1. The molecule has 0 saturated carbocycles. The molecule has 2 atom stereocenters. The summed E-state index contributed by atoms with van der Waals surface area (Å²) in [5.41, 5.74) is 4.58. The van der Waals surface area contributed by atoms with Gasteiger partial charge in [-0.15, -0.1) is 0 Å². The van der Waals surface area contributed by atoms with Crippen molar-refractivity contribution in [3.63, 3.8) is 0 Å². The van der Waals surface area contributed by atoms with Crippen LogP contribution in [0.25, 0.3) is 21.8 Å². The average molecular weight is 448 g/mol. The Morgan fingerprint density at radius 1 is 1.24 bits per heavy atom. The monoisotopic (exact) mass is 447 g/mol. The van der Waals surface area contributed by atoms with Crippen molar-refractivity contribution in [3.05, 3.63) is 71.3 Å². The maximum atomic E-state index is 14.1. The summed E-state index contributed by atoms with van der Waals surface area (Å²) >= 11 is 0. The van der Waals surface area contributed by atoms with E-state index >= 15 is 0 Å². The van der Waals surface area contributed by atoms with E-state index in [0.717, 1.165) is 45.0 Å². The number of nitrogens with one attached hydrogen (secondary N) is 1. The Hall–Kier alpha value is -3.61. The van der Waals surface area contributed by atoms with Crippen LogP contribution in [0.1, 0.15) is 36.1 Å². The van der Waals surface area contributed by atoms with Crippen molar-refractivity contribution in [2.75, 3.05) is 7.05 Å². The third kappa shape index (κ3) is 3.57. The third-order valence-corrected chi connectivity index (χ3v) is 7.05. The maximum absolute atomic E-state index is 14.1. The summed E-state index contributed by atoms with van der Waals surface area (Å²) < 4.78 is 15.8. The summed E-state index contributed by atoms with van der Waals surface area (Å²) in [6, 6.07) is 12.4. The number of carbonyl (C=O) groups is 2. The number of hydrogen-bond acceptors (Lipinski definition) is 2. The van der Waals surface area contributed by atoms with Gasteiger partial charge >= 0.3 is 5.97 Å². The van der Waals surface area contributed by atoms with Crippen molar-refractivity contribution in [3.8, 4) is 0 Å². The summed E-state index contributed by atoms with van der Waals surface area (Å²) in [4.78, 5) is 29.9. The van der Waals surface area contributed by atoms with Crippen LogP contribution in [0.2, 0.25) is 0 Å². The SMILES string of the molecule is C[C@H](C(=O)N(C)[C@H]1CCc2c(c3cc(F)ccc3n2CC(=O)O)C1)c1c[nH]c2ccccc12. The standard InChI is InChI=1S/C26H26FN3O3/c1-15(21-13-28-22-6-4-3-5-18(21)22)26(33)29(2)17-8-10-24-20(12-17)19-11-16(27)7-9-23(19)30(24)14-25(31)32/h3-7,9,11,13,15,17,28H,8,10,12,14H2,1-2H3,(H,31,32)/t15-,17-/m0/s1. The highest BCUT2D eigenvalue weighted by Gasteiger charge is 2.32. The average Bonchev–Trinajstić information content (AvgIpc) is 3.36. The zero-order valence-electron chi connectivity index (χ0n) is 18.6. The van der Waals surface area contributed by atoms with Crippen LogP contribution in [0.15, 0.2) is 48.7 Å². The number of benzene rings is 2. The van der Waals surface area contributed by atoms with Gasteiger partial charge in [0, 0.05) is 46.8 Å². The molecule has 0 unspecified atom stereocenters. The topological polar surface area (TPSA) is 78.3 Å². The molecule has 1 aliphatic carbocycles. The molecular formula is C26H26FN3O3. The fourth-order valence-corrected chi connectivity index (χ4v) is 5.32. The number of H-pyrrole nitrogens is 1. The first-order valence-corrected chi connectivity index (χ1v) is 11.2. The predicted octanol–water partition coefficient (Wildman–Crippen LogP) is 4.47. The zero-order valence-corrected chi connectivity index (χ0v) is 18.6. The minimum absolute atomic E-state index is 0.0358. The maximum Gasteiger partial charge on any atom is 0.323 e. The van der Waals surface area contributed by atoms with Crippen LogP contribution in [-0.4, -0.2) is 44.5 Å². The Labute approximate surface area is 190 Å². The number of aromatic amines is 1. The van der Waals surface area contributed by atoms with Gasteiger partial charge in [-0.3, -0.25) is 9.59 Å². The van der Waals surface area contributed by atoms with E-state index < -0.39 is 5.97 Å². The molecule has 0 saturated heterocycles. The number of rotatable bonds is 5. The Bertz CT molecular complexity index is 1390. The van der Waals surface area contributed by atoms with Gasteiger partial charge in [-0.05, 0) is 61.6 Å². The number of fused-ring (bicyclic) bond motifs is 4. The summed E-state index contributed by atoms with van der Waals surface area (Å²) in [6.45, 7) is 1.77. The van der Waals surface area contributed by atoms with Crippen molar-refractivity contribution >= 4 is 33.7 Å².